The molecule has 1 amide bonds. The molecular formula is C19H18N4O3. The summed E-state index contributed by atoms with van der Waals surface area (Å²) in [5.74, 6) is -0.562. The zero-order valence-electron chi connectivity index (χ0n) is 14.2. The Morgan fingerprint density at radius 3 is 2.38 bits per heavy atom. The number of nitro groups is 1. The Morgan fingerprint density at radius 2 is 1.77 bits per heavy atom. The Balaban J connectivity index is 1.79. The summed E-state index contributed by atoms with van der Waals surface area (Å²) in [4.78, 5) is 22.6. The lowest BCUT2D eigenvalue weighted by Gasteiger charge is -2.20. The highest BCUT2D eigenvalue weighted by Gasteiger charge is 2.19. The van der Waals surface area contributed by atoms with Gasteiger partial charge in [-0.2, -0.15) is 4.68 Å². The zero-order chi connectivity index (χ0) is 18.5. The molecule has 0 aliphatic rings. The van der Waals surface area contributed by atoms with Crippen LogP contribution >= 0.6 is 0 Å². The minimum Gasteiger partial charge on any atom is -0.358 e. The Morgan fingerprint density at radius 1 is 1.12 bits per heavy atom. The molecule has 0 saturated heterocycles. The van der Waals surface area contributed by atoms with Gasteiger partial charge in [-0.15, -0.1) is 0 Å². The van der Waals surface area contributed by atoms with Crippen molar-refractivity contribution in [2.24, 2.45) is 0 Å². The van der Waals surface area contributed by atoms with Crippen LogP contribution in [0.1, 0.15) is 22.7 Å². The molecule has 132 valence electrons. The molecule has 1 atom stereocenters. The number of carbonyl (C=O) groups excluding carboxylic acids is 1. The molecule has 0 bridgehead atoms. The van der Waals surface area contributed by atoms with Crippen molar-refractivity contribution in [3.63, 3.8) is 0 Å². The van der Waals surface area contributed by atoms with Crippen LogP contribution in [0.4, 0.5) is 5.82 Å². The predicted octanol–water partition coefficient (Wildman–Crippen LogP) is 3.01. The van der Waals surface area contributed by atoms with Gasteiger partial charge in [0.15, 0.2) is 0 Å². The fraction of sp³-hybridized carbons (Fsp3) is 0.158. The van der Waals surface area contributed by atoms with Gasteiger partial charge >= 0.3 is 5.82 Å². The summed E-state index contributed by atoms with van der Waals surface area (Å²) in [5, 5.41) is 17.5. The Kier molecular flexibility index (Phi) is 5.07. The highest BCUT2D eigenvalue weighted by atomic mass is 16.6. The maximum atomic E-state index is 12.5. The second-order valence-electron chi connectivity index (χ2n) is 5.95. The van der Waals surface area contributed by atoms with Gasteiger partial charge in [0.2, 0.25) is 5.91 Å². The maximum absolute atomic E-state index is 12.5. The smallest absolute Gasteiger partial charge is 0.358 e. The average molecular weight is 350 g/mol. The van der Waals surface area contributed by atoms with Crippen molar-refractivity contribution in [3.05, 3.63) is 93.7 Å². The fourth-order valence-corrected chi connectivity index (χ4v) is 2.65. The van der Waals surface area contributed by atoms with Crippen molar-refractivity contribution in [2.75, 3.05) is 0 Å². The number of nitrogens with one attached hydrogen (secondary N) is 1. The molecule has 1 N–H and O–H groups in total. The quantitative estimate of drug-likeness (QED) is 0.546. The van der Waals surface area contributed by atoms with Crippen LogP contribution < -0.4 is 5.32 Å². The highest BCUT2D eigenvalue weighted by Crippen LogP contribution is 2.22. The van der Waals surface area contributed by atoms with Gasteiger partial charge in [-0.25, -0.2) is 0 Å². The summed E-state index contributed by atoms with van der Waals surface area (Å²) in [7, 11) is 0. The number of aryl methyl sites for hydroxylation is 1. The number of benzene rings is 2. The van der Waals surface area contributed by atoms with Crippen LogP contribution in [0.15, 0.2) is 66.9 Å². The summed E-state index contributed by atoms with van der Waals surface area (Å²) in [5.41, 5.74) is 3.05. The Labute approximate surface area is 150 Å². The van der Waals surface area contributed by atoms with Crippen molar-refractivity contribution in [1.29, 1.82) is 0 Å². The molecule has 7 heteroatoms. The van der Waals surface area contributed by atoms with Crippen LogP contribution in [0.25, 0.3) is 0 Å². The SMILES string of the molecule is Cc1ccc(C(NC(=O)Cn2ccc([N+](=O)[O-])n2)c2ccccc2)cc1. The lowest BCUT2D eigenvalue weighted by molar-refractivity contribution is -0.389. The number of hydrogen-bond donors (Lipinski definition) is 1. The molecule has 26 heavy (non-hydrogen) atoms. The Hall–Kier alpha value is -3.48. The highest BCUT2D eigenvalue weighted by molar-refractivity contribution is 5.76. The van der Waals surface area contributed by atoms with Crippen LogP contribution in [0.5, 0.6) is 0 Å². The molecule has 0 aliphatic heterocycles. The lowest BCUT2D eigenvalue weighted by Crippen LogP contribution is -2.32. The van der Waals surface area contributed by atoms with Gasteiger partial charge in [-0.1, -0.05) is 60.2 Å². The molecule has 3 rings (SSSR count). The molecule has 0 spiro atoms. The topological polar surface area (TPSA) is 90.1 Å². The fourth-order valence-electron chi connectivity index (χ4n) is 2.65. The predicted molar refractivity (Wildman–Crippen MR) is 96.5 cm³/mol. The van der Waals surface area contributed by atoms with Crippen LogP contribution in [0, 0.1) is 17.0 Å². The molecule has 0 radical (unpaired) electrons. The van der Waals surface area contributed by atoms with Gasteiger partial charge in [0.1, 0.15) is 6.54 Å². The number of rotatable bonds is 6. The van der Waals surface area contributed by atoms with Gasteiger partial charge in [-0.05, 0) is 23.0 Å². The van der Waals surface area contributed by atoms with Gasteiger partial charge in [-0.3, -0.25) is 4.79 Å². The molecule has 0 aliphatic carbocycles. The normalized spacial score (nSPS) is 11.7. The maximum Gasteiger partial charge on any atom is 0.389 e. The first-order chi connectivity index (χ1) is 12.5. The second-order valence-corrected chi connectivity index (χ2v) is 5.95. The van der Waals surface area contributed by atoms with Crippen LogP contribution in [0.3, 0.4) is 0 Å². The lowest BCUT2D eigenvalue weighted by atomic mass is 9.98. The number of hydrogen-bond acceptors (Lipinski definition) is 4. The molecule has 1 unspecified atom stereocenters. The molecule has 0 saturated carbocycles. The average Bonchev–Trinajstić information content (AvgIpc) is 3.10. The Bertz CT molecular complexity index is 904. The summed E-state index contributed by atoms with van der Waals surface area (Å²) >= 11 is 0. The van der Waals surface area contributed by atoms with E-state index in [1.807, 2.05) is 61.5 Å². The number of amides is 1. The summed E-state index contributed by atoms with van der Waals surface area (Å²) in [6, 6.07) is 18.5. The van der Waals surface area contributed by atoms with Crippen molar-refractivity contribution < 1.29 is 9.72 Å². The van der Waals surface area contributed by atoms with Crippen molar-refractivity contribution in [1.82, 2.24) is 15.1 Å². The summed E-state index contributed by atoms with van der Waals surface area (Å²) < 4.78 is 1.25. The van der Waals surface area contributed by atoms with Crippen LogP contribution in [0.2, 0.25) is 0 Å². The standard InChI is InChI=1S/C19H18N4O3/c1-14-7-9-16(10-8-14)19(15-5-3-2-4-6-15)20-18(24)13-22-12-11-17(21-22)23(25)26/h2-12,19H,13H2,1H3,(H,20,24). The first kappa shape index (κ1) is 17.3. The van der Waals surface area contributed by atoms with Crippen molar-refractivity contribution in [3.8, 4) is 0 Å². The molecule has 1 heterocycles. The van der Waals surface area contributed by atoms with Crippen LogP contribution in [-0.4, -0.2) is 20.6 Å². The van der Waals surface area contributed by atoms with E-state index in [1.165, 1.54) is 16.9 Å². The molecule has 2 aromatic carbocycles. The monoisotopic (exact) mass is 350 g/mol. The van der Waals surface area contributed by atoms with Crippen LogP contribution in [-0.2, 0) is 11.3 Å². The van der Waals surface area contributed by atoms with E-state index in [1.54, 1.807) is 0 Å². The minimum absolute atomic E-state index is 0.0942. The first-order valence-electron chi connectivity index (χ1n) is 8.11. The minimum atomic E-state index is -0.590. The third-order valence-corrected chi connectivity index (χ3v) is 3.97. The van der Waals surface area contributed by atoms with Gasteiger partial charge in [0, 0.05) is 0 Å². The number of nitrogens with zero attached hydrogens (tertiary/aromatic N) is 3. The number of carbonyl (C=O) groups is 1. The van der Waals surface area contributed by atoms with E-state index in [0.29, 0.717) is 0 Å². The summed E-state index contributed by atoms with van der Waals surface area (Å²) in [6.45, 7) is 1.91. The molecule has 7 nitrogen and oxygen atoms in total. The van der Waals surface area contributed by atoms with Gasteiger partial charge in [0.25, 0.3) is 0 Å². The van der Waals surface area contributed by atoms with E-state index >= 15 is 0 Å². The van der Waals surface area contributed by atoms with E-state index in [0.717, 1.165) is 16.7 Å². The largest absolute Gasteiger partial charge is 0.389 e. The second kappa shape index (κ2) is 7.60. The van der Waals surface area contributed by atoms with Gasteiger partial charge in [0.05, 0.1) is 23.4 Å². The molecular weight excluding hydrogens is 332 g/mol. The van der Waals surface area contributed by atoms with E-state index < -0.39 is 4.92 Å². The summed E-state index contributed by atoms with van der Waals surface area (Å²) in [6.07, 6.45) is 1.42. The third kappa shape index (κ3) is 4.13. The van der Waals surface area contributed by atoms with Crippen molar-refractivity contribution in [2.45, 2.75) is 19.5 Å². The third-order valence-electron chi connectivity index (χ3n) is 3.97. The van der Waals surface area contributed by atoms with Crippen molar-refractivity contribution >= 4 is 11.7 Å². The first-order valence-corrected chi connectivity index (χ1v) is 8.11. The number of aromatic nitrogens is 2. The molecule has 1 aromatic heterocycles. The van der Waals surface area contributed by atoms with E-state index in [4.69, 9.17) is 0 Å². The van der Waals surface area contributed by atoms with E-state index in [-0.39, 0.29) is 24.3 Å². The van der Waals surface area contributed by atoms with E-state index in [2.05, 4.69) is 10.4 Å². The van der Waals surface area contributed by atoms with E-state index in [9.17, 15) is 14.9 Å². The zero-order valence-corrected chi connectivity index (χ0v) is 14.2. The molecule has 3 aromatic rings. The van der Waals surface area contributed by atoms with Gasteiger partial charge < -0.3 is 15.4 Å². The molecule has 0 fully saturated rings.